The molecule has 0 saturated heterocycles. The Morgan fingerprint density at radius 3 is 2.58 bits per heavy atom. The average Bonchev–Trinajstić information content (AvgIpc) is 2.56. The molecule has 3 nitrogen and oxygen atoms in total. The fourth-order valence-electron chi connectivity index (χ4n) is 6.59. The molecule has 0 N–H and O–H groups in total. The Morgan fingerprint density at radius 2 is 1.92 bits per heavy atom. The first-order valence-corrected chi connectivity index (χ1v) is 9.51. The third kappa shape index (κ3) is 2.49. The molecule has 0 spiro atoms. The van der Waals surface area contributed by atoms with Gasteiger partial charge in [0.15, 0.2) is 0 Å². The minimum atomic E-state index is -0.317. The first kappa shape index (κ1) is 15.9. The van der Waals surface area contributed by atoms with Crippen molar-refractivity contribution in [1.29, 1.82) is 0 Å². The first-order chi connectivity index (χ1) is 11.6. The third-order valence-electron chi connectivity index (χ3n) is 7.08. The summed E-state index contributed by atoms with van der Waals surface area (Å²) in [6.07, 6.45) is 11.6. The van der Waals surface area contributed by atoms with Crippen LogP contribution in [-0.4, -0.2) is 4.92 Å². The third-order valence-corrected chi connectivity index (χ3v) is 7.08. The SMILES string of the molecule is CCc1ccccc1C12CC3CC(CC(C3)C1CC=C[N+](=O)[O-])C2. The molecule has 4 bridgehead atoms. The summed E-state index contributed by atoms with van der Waals surface area (Å²) >= 11 is 0. The van der Waals surface area contributed by atoms with Crippen LogP contribution in [0.1, 0.15) is 56.6 Å². The van der Waals surface area contributed by atoms with E-state index in [1.54, 1.807) is 5.56 Å². The van der Waals surface area contributed by atoms with Crippen molar-refractivity contribution in [3.8, 4) is 0 Å². The van der Waals surface area contributed by atoms with E-state index in [4.69, 9.17) is 0 Å². The highest BCUT2D eigenvalue weighted by Crippen LogP contribution is 2.64. The summed E-state index contributed by atoms with van der Waals surface area (Å²) in [5.74, 6) is 3.10. The van der Waals surface area contributed by atoms with Crippen LogP contribution in [0.4, 0.5) is 0 Å². The molecule has 1 aromatic rings. The molecule has 3 atom stereocenters. The molecule has 0 aromatic heterocycles. The van der Waals surface area contributed by atoms with E-state index in [2.05, 4.69) is 31.2 Å². The minimum Gasteiger partial charge on any atom is -0.259 e. The molecule has 3 heteroatoms. The largest absolute Gasteiger partial charge is 0.259 e. The molecule has 0 heterocycles. The van der Waals surface area contributed by atoms with Crippen LogP contribution < -0.4 is 0 Å². The Morgan fingerprint density at radius 1 is 1.21 bits per heavy atom. The maximum atomic E-state index is 10.7. The minimum absolute atomic E-state index is 0.266. The lowest BCUT2D eigenvalue weighted by Crippen LogP contribution is -2.55. The van der Waals surface area contributed by atoms with Gasteiger partial charge in [0, 0.05) is 0 Å². The zero-order valence-corrected chi connectivity index (χ0v) is 14.5. The van der Waals surface area contributed by atoms with Crippen molar-refractivity contribution in [3.63, 3.8) is 0 Å². The second kappa shape index (κ2) is 6.02. The molecule has 24 heavy (non-hydrogen) atoms. The van der Waals surface area contributed by atoms with Crippen LogP contribution >= 0.6 is 0 Å². The number of hydrogen-bond acceptors (Lipinski definition) is 2. The highest BCUT2D eigenvalue weighted by molar-refractivity contribution is 5.38. The molecule has 4 saturated carbocycles. The van der Waals surface area contributed by atoms with Crippen LogP contribution in [0.5, 0.6) is 0 Å². The van der Waals surface area contributed by atoms with Gasteiger partial charge >= 0.3 is 0 Å². The molecule has 4 aliphatic carbocycles. The number of aryl methyl sites for hydroxylation is 1. The number of benzene rings is 1. The zero-order valence-electron chi connectivity index (χ0n) is 14.5. The normalized spacial score (nSPS) is 37.2. The monoisotopic (exact) mass is 325 g/mol. The van der Waals surface area contributed by atoms with Crippen LogP contribution in [0.25, 0.3) is 0 Å². The summed E-state index contributed by atoms with van der Waals surface area (Å²) in [5.41, 5.74) is 3.32. The number of hydrogen-bond donors (Lipinski definition) is 0. The van der Waals surface area contributed by atoms with Gasteiger partial charge in [0.1, 0.15) is 0 Å². The van der Waals surface area contributed by atoms with Crippen molar-refractivity contribution in [2.24, 2.45) is 23.7 Å². The zero-order chi connectivity index (χ0) is 16.7. The predicted molar refractivity (Wildman–Crippen MR) is 95.3 cm³/mol. The molecular weight excluding hydrogens is 298 g/mol. The van der Waals surface area contributed by atoms with E-state index >= 15 is 0 Å². The van der Waals surface area contributed by atoms with E-state index in [1.807, 2.05) is 6.08 Å². The van der Waals surface area contributed by atoms with Crippen molar-refractivity contribution in [1.82, 2.24) is 0 Å². The molecule has 5 rings (SSSR count). The fourth-order valence-corrected chi connectivity index (χ4v) is 6.59. The number of nitro groups is 1. The van der Waals surface area contributed by atoms with Crippen LogP contribution in [0.2, 0.25) is 0 Å². The van der Waals surface area contributed by atoms with E-state index in [9.17, 15) is 10.1 Å². The van der Waals surface area contributed by atoms with Crippen LogP contribution in [0.3, 0.4) is 0 Å². The van der Waals surface area contributed by atoms with Crippen molar-refractivity contribution in [2.45, 2.75) is 57.3 Å². The quantitative estimate of drug-likeness (QED) is 0.557. The highest BCUT2D eigenvalue weighted by atomic mass is 16.6. The standard InChI is InChI=1S/C21H27NO2/c1-2-17-6-3-4-7-19(17)21-13-15-10-16(14-21)12-18(11-15)20(21)8-5-9-22(23)24/h3-7,9,15-16,18,20H,2,8,10-14H2,1H3. The Labute approximate surface area is 144 Å². The summed E-state index contributed by atoms with van der Waals surface area (Å²) in [6.45, 7) is 2.25. The molecule has 3 unspecified atom stereocenters. The van der Waals surface area contributed by atoms with Crippen molar-refractivity contribution in [2.75, 3.05) is 0 Å². The smallest absolute Gasteiger partial charge is 0.230 e. The van der Waals surface area contributed by atoms with Gasteiger partial charge in [-0.1, -0.05) is 31.2 Å². The summed E-state index contributed by atoms with van der Waals surface area (Å²) in [4.78, 5) is 10.4. The second-order valence-corrected chi connectivity index (χ2v) is 8.29. The number of nitrogens with zero attached hydrogens (tertiary/aromatic N) is 1. The van der Waals surface area contributed by atoms with Crippen molar-refractivity contribution >= 4 is 0 Å². The Bertz CT molecular complexity index is 652. The van der Waals surface area contributed by atoms with Crippen LogP contribution in [-0.2, 0) is 11.8 Å². The van der Waals surface area contributed by atoms with Gasteiger partial charge < -0.3 is 0 Å². The summed E-state index contributed by atoms with van der Waals surface area (Å²) in [6, 6.07) is 9.00. The maximum absolute atomic E-state index is 10.7. The lowest BCUT2D eigenvalue weighted by Gasteiger charge is -2.62. The topological polar surface area (TPSA) is 43.1 Å². The van der Waals surface area contributed by atoms with E-state index in [1.165, 1.54) is 37.7 Å². The summed E-state index contributed by atoms with van der Waals surface area (Å²) < 4.78 is 0. The van der Waals surface area contributed by atoms with E-state index < -0.39 is 0 Å². The van der Waals surface area contributed by atoms with Gasteiger partial charge in [0.2, 0.25) is 6.20 Å². The van der Waals surface area contributed by atoms with Crippen molar-refractivity contribution < 1.29 is 4.92 Å². The molecule has 128 valence electrons. The van der Waals surface area contributed by atoms with Gasteiger partial charge in [-0.25, -0.2) is 0 Å². The van der Waals surface area contributed by atoms with Gasteiger partial charge in [-0.15, -0.1) is 0 Å². The maximum Gasteiger partial charge on any atom is 0.230 e. The van der Waals surface area contributed by atoms with E-state index in [0.29, 0.717) is 5.92 Å². The van der Waals surface area contributed by atoms with Crippen LogP contribution in [0.15, 0.2) is 36.5 Å². The fraction of sp³-hybridized carbons (Fsp3) is 0.619. The van der Waals surface area contributed by atoms with Crippen LogP contribution in [0, 0.1) is 33.8 Å². The lowest BCUT2D eigenvalue weighted by atomic mass is 9.42. The van der Waals surface area contributed by atoms with Gasteiger partial charge in [-0.2, -0.15) is 0 Å². The molecule has 0 aliphatic heterocycles. The molecule has 4 aliphatic rings. The first-order valence-electron chi connectivity index (χ1n) is 9.51. The van der Waals surface area contributed by atoms with Crippen molar-refractivity contribution in [3.05, 3.63) is 57.8 Å². The molecule has 4 fully saturated rings. The molecule has 1 aromatic carbocycles. The summed E-state index contributed by atoms with van der Waals surface area (Å²) in [5, 5.41) is 10.7. The molecule has 0 radical (unpaired) electrons. The van der Waals surface area contributed by atoms with Gasteiger partial charge in [-0.3, -0.25) is 10.1 Å². The second-order valence-electron chi connectivity index (χ2n) is 8.29. The lowest BCUT2D eigenvalue weighted by molar-refractivity contribution is -0.402. The van der Waals surface area contributed by atoms with Gasteiger partial charge in [0.05, 0.1) is 4.92 Å². The van der Waals surface area contributed by atoms with Gasteiger partial charge in [-0.05, 0) is 91.2 Å². The number of rotatable bonds is 5. The molecular formula is C21H27NO2. The average molecular weight is 325 g/mol. The molecule has 0 amide bonds. The van der Waals surface area contributed by atoms with Gasteiger partial charge in [0.25, 0.3) is 0 Å². The highest BCUT2D eigenvalue weighted by Gasteiger charge is 2.57. The van der Waals surface area contributed by atoms with E-state index in [-0.39, 0.29) is 10.3 Å². The summed E-state index contributed by atoms with van der Waals surface area (Å²) in [7, 11) is 0. The predicted octanol–water partition coefficient (Wildman–Crippen LogP) is 5.12. The Balaban J connectivity index is 1.75. The number of allylic oxidation sites excluding steroid dienone is 1. The Hall–Kier alpha value is -1.64. The Kier molecular flexibility index (Phi) is 3.98. The van der Waals surface area contributed by atoms with E-state index in [0.717, 1.165) is 36.8 Å².